The third-order valence-electron chi connectivity index (χ3n) is 3.75. The quantitative estimate of drug-likeness (QED) is 0.574. The van der Waals surface area contributed by atoms with Gasteiger partial charge >= 0.3 is 0 Å². The molecule has 0 saturated carbocycles. The molecule has 0 radical (unpaired) electrons. The molecule has 5 nitrogen and oxygen atoms in total. The van der Waals surface area contributed by atoms with Crippen molar-refractivity contribution in [3.63, 3.8) is 0 Å². The molecule has 0 saturated heterocycles. The molecule has 21 heavy (non-hydrogen) atoms. The molecule has 0 aromatic heterocycles. The molecule has 1 aliphatic carbocycles. The van der Waals surface area contributed by atoms with Crippen molar-refractivity contribution in [1.82, 2.24) is 10.4 Å². The number of nitrogens with zero attached hydrogens (tertiary/aromatic N) is 1. The number of carbonyl (C=O) groups is 2. The van der Waals surface area contributed by atoms with E-state index in [0.717, 1.165) is 18.4 Å². The van der Waals surface area contributed by atoms with Gasteiger partial charge in [-0.05, 0) is 24.5 Å². The minimum absolute atomic E-state index is 0.104. The smallest absolute Gasteiger partial charge is 0.274 e. The van der Waals surface area contributed by atoms with E-state index in [2.05, 4.69) is 0 Å². The van der Waals surface area contributed by atoms with Crippen LogP contribution in [0.4, 0.5) is 0 Å². The number of hydrogen-bond acceptors (Lipinski definition) is 3. The summed E-state index contributed by atoms with van der Waals surface area (Å²) in [5.41, 5.74) is 2.72. The molecule has 1 atom stereocenters. The summed E-state index contributed by atoms with van der Waals surface area (Å²) >= 11 is 0. The minimum atomic E-state index is -0.503. The van der Waals surface area contributed by atoms with Crippen LogP contribution >= 0.6 is 0 Å². The van der Waals surface area contributed by atoms with Gasteiger partial charge in [0.2, 0.25) is 5.91 Å². The molecule has 0 fully saturated rings. The Hall–Kier alpha value is -1.88. The van der Waals surface area contributed by atoms with Crippen LogP contribution in [-0.2, 0) is 9.59 Å². The predicted molar refractivity (Wildman–Crippen MR) is 79.1 cm³/mol. The fourth-order valence-corrected chi connectivity index (χ4v) is 2.60. The second kappa shape index (κ2) is 5.85. The fourth-order valence-electron chi connectivity index (χ4n) is 2.60. The van der Waals surface area contributed by atoms with Crippen LogP contribution in [0.15, 0.2) is 35.6 Å². The second-order valence-electron chi connectivity index (χ2n) is 6.52. The molecule has 0 aromatic rings. The molecule has 1 unspecified atom stereocenters. The van der Waals surface area contributed by atoms with Crippen LogP contribution in [-0.4, -0.2) is 28.5 Å². The van der Waals surface area contributed by atoms with Gasteiger partial charge < -0.3 is 4.90 Å². The molecule has 2 aliphatic rings. The average Bonchev–Trinajstić information content (AvgIpc) is 2.65. The summed E-state index contributed by atoms with van der Waals surface area (Å²) in [5.74, 6) is -0.288. The Morgan fingerprint density at radius 2 is 2.05 bits per heavy atom. The SMILES string of the molecule is CC(C)(C)C(=O)N1C=C2C=CC(C(=O)NO)=CC2CCC1. The van der Waals surface area contributed by atoms with E-state index in [1.165, 1.54) is 0 Å². The van der Waals surface area contributed by atoms with Crippen LogP contribution in [0.25, 0.3) is 0 Å². The van der Waals surface area contributed by atoms with Crippen LogP contribution in [0.1, 0.15) is 33.6 Å². The van der Waals surface area contributed by atoms with Crippen LogP contribution in [0.2, 0.25) is 0 Å². The van der Waals surface area contributed by atoms with Gasteiger partial charge in [0.1, 0.15) is 0 Å². The third-order valence-corrected chi connectivity index (χ3v) is 3.75. The topological polar surface area (TPSA) is 69.6 Å². The van der Waals surface area contributed by atoms with Gasteiger partial charge in [-0.25, -0.2) is 5.48 Å². The van der Waals surface area contributed by atoms with E-state index in [0.29, 0.717) is 12.1 Å². The molecular weight excluding hydrogens is 268 g/mol. The average molecular weight is 290 g/mol. The Balaban J connectivity index is 2.24. The first-order valence-corrected chi connectivity index (χ1v) is 7.20. The van der Waals surface area contributed by atoms with Crippen molar-refractivity contribution in [2.75, 3.05) is 6.54 Å². The second-order valence-corrected chi connectivity index (χ2v) is 6.52. The molecule has 1 aliphatic heterocycles. The maximum Gasteiger partial charge on any atom is 0.274 e. The zero-order valence-corrected chi connectivity index (χ0v) is 12.7. The molecule has 1 heterocycles. The largest absolute Gasteiger partial charge is 0.318 e. The zero-order valence-electron chi connectivity index (χ0n) is 12.7. The highest BCUT2D eigenvalue weighted by atomic mass is 16.5. The van der Waals surface area contributed by atoms with E-state index in [9.17, 15) is 9.59 Å². The number of amides is 2. The maximum absolute atomic E-state index is 12.4. The van der Waals surface area contributed by atoms with Crippen LogP contribution in [0, 0.1) is 11.3 Å². The van der Waals surface area contributed by atoms with Crippen molar-refractivity contribution in [2.45, 2.75) is 33.6 Å². The van der Waals surface area contributed by atoms with E-state index in [1.807, 2.05) is 39.1 Å². The van der Waals surface area contributed by atoms with E-state index in [4.69, 9.17) is 5.21 Å². The van der Waals surface area contributed by atoms with Crippen molar-refractivity contribution in [3.8, 4) is 0 Å². The van der Waals surface area contributed by atoms with E-state index in [1.54, 1.807) is 16.5 Å². The minimum Gasteiger partial charge on any atom is -0.318 e. The lowest BCUT2D eigenvalue weighted by Crippen LogP contribution is -2.36. The molecule has 5 heteroatoms. The lowest BCUT2D eigenvalue weighted by Gasteiger charge is -2.26. The molecule has 0 spiro atoms. The summed E-state index contributed by atoms with van der Waals surface area (Å²) in [5, 5.41) is 8.70. The molecule has 2 amide bonds. The normalized spacial score (nSPS) is 21.9. The van der Waals surface area contributed by atoms with Crippen molar-refractivity contribution < 1.29 is 14.8 Å². The summed E-state index contributed by atoms with van der Waals surface area (Å²) in [7, 11) is 0. The van der Waals surface area contributed by atoms with Crippen molar-refractivity contribution in [1.29, 1.82) is 0 Å². The van der Waals surface area contributed by atoms with Gasteiger partial charge in [0.25, 0.3) is 5.91 Å². The Labute approximate surface area is 125 Å². The first kappa shape index (κ1) is 15.5. The zero-order chi connectivity index (χ0) is 15.6. The van der Waals surface area contributed by atoms with Gasteiger partial charge in [0, 0.05) is 29.7 Å². The lowest BCUT2D eigenvalue weighted by molar-refractivity contribution is -0.136. The number of nitrogens with one attached hydrogen (secondary N) is 1. The highest BCUT2D eigenvalue weighted by Gasteiger charge is 2.29. The van der Waals surface area contributed by atoms with E-state index < -0.39 is 11.3 Å². The number of fused-ring (bicyclic) bond motifs is 1. The fraction of sp³-hybridized carbons (Fsp3) is 0.500. The Bertz CT molecular complexity index is 538. The number of hydrogen-bond donors (Lipinski definition) is 2. The first-order chi connectivity index (χ1) is 9.82. The third kappa shape index (κ3) is 3.42. The standard InChI is InChI=1S/C16H22N2O3/c1-16(2,3)15(20)18-8-4-5-11-9-12(14(19)17-21)6-7-13(11)10-18/h6-7,9-11,21H,4-5,8H2,1-3H3,(H,17,19). The van der Waals surface area contributed by atoms with Crippen molar-refractivity contribution >= 4 is 11.8 Å². The Morgan fingerprint density at radius 1 is 1.33 bits per heavy atom. The van der Waals surface area contributed by atoms with Crippen LogP contribution < -0.4 is 5.48 Å². The van der Waals surface area contributed by atoms with Gasteiger partial charge in [0.15, 0.2) is 0 Å². The predicted octanol–water partition coefficient (Wildman–Crippen LogP) is 2.16. The van der Waals surface area contributed by atoms with Gasteiger partial charge in [0.05, 0.1) is 0 Å². The van der Waals surface area contributed by atoms with Crippen molar-refractivity contribution in [3.05, 3.63) is 35.6 Å². The van der Waals surface area contributed by atoms with E-state index in [-0.39, 0.29) is 11.8 Å². The lowest BCUT2D eigenvalue weighted by atomic mass is 9.88. The molecule has 2 rings (SSSR count). The number of carbonyl (C=O) groups excluding carboxylic acids is 2. The molecule has 2 N–H and O–H groups in total. The highest BCUT2D eigenvalue weighted by Crippen LogP contribution is 2.31. The Kier molecular flexibility index (Phi) is 4.32. The van der Waals surface area contributed by atoms with E-state index >= 15 is 0 Å². The molecule has 114 valence electrons. The summed E-state index contributed by atoms with van der Waals surface area (Å²) in [6.07, 6.45) is 9.02. The summed E-state index contributed by atoms with van der Waals surface area (Å²) in [6, 6.07) is 0. The monoisotopic (exact) mass is 290 g/mol. The summed E-state index contributed by atoms with van der Waals surface area (Å²) in [6.45, 7) is 6.43. The van der Waals surface area contributed by atoms with Gasteiger partial charge in [-0.2, -0.15) is 0 Å². The van der Waals surface area contributed by atoms with Crippen LogP contribution in [0.5, 0.6) is 0 Å². The van der Waals surface area contributed by atoms with Gasteiger partial charge in [-0.1, -0.05) is 32.9 Å². The molecule has 0 aromatic carbocycles. The summed E-state index contributed by atoms with van der Waals surface area (Å²) < 4.78 is 0. The highest BCUT2D eigenvalue weighted by molar-refractivity contribution is 5.96. The Morgan fingerprint density at radius 3 is 2.67 bits per heavy atom. The number of hydroxylamine groups is 1. The molecular formula is C16H22N2O3. The number of rotatable bonds is 1. The van der Waals surface area contributed by atoms with Crippen molar-refractivity contribution in [2.24, 2.45) is 11.3 Å². The number of allylic oxidation sites excluding steroid dienone is 3. The van der Waals surface area contributed by atoms with Crippen LogP contribution in [0.3, 0.4) is 0 Å². The molecule has 0 bridgehead atoms. The van der Waals surface area contributed by atoms with Gasteiger partial charge in [-0.3, -0.25) is 14.8 Å². The first-order valence-electron chi connectivity index (χ1n) is 7.20. The summed E-state index contributed by atoms with van der Waals surface area (Å²) in [4.78, 5) is 25.7. The maximum atomic E-state index is 12.4. The van der Waals surface area contributed by atoms with Gasteiger partial charge in [-0.15, -0.1) is 0 Å².